The Morgan fingerprint density at radius 2 is 1.52 bits per heavy atom. The van der Waals surface area contributed by atoms with E-state index in [0.717, 1.165) is 6.42 Å². The highest BCUT2D eigenvalue weighted by molar-refractivity contribution is 6.77. The van der Waals surface area contributed by atoms with Gasteiger partial charge in [-0.3, -0.25) is 0 Å². The molecule has 25 heavy (non-hydrogen) atoms. The first-order valence-electron chi connectivity index (χ1n) is 10.00. The van der Waals surface area contributed by atoms with Crippen molar-refractivity contribution in [3.05, 3.63) is 59.9 Å². The van der Waals surface area contributed by atoms with Crippen LogP contribution in [0.3, 0.4) is 0 Å². The first-order chi connectivity index (χ1) is 11.9. The largest absolute Gasteiger partial charge is 0.546 e. The lowest BCUT2D eigenvalue weighted by Gasteiger charge is -2.43. The van der Waals surface area contributed by atoms with Gasteiger partial charge in [-0.1, -0.05) is 84.0 Å². The smallest absolute Gasteiger partial charge is 0.258 e. The summed E-state index contributed by atoms with van der Waals surface area (Å²) in [4.78, 5) is 0. The van der Waals surface area contributed by atoms with Gasteiger partial charge in [0.15, 0.2) is 0 Å². The topological polar surface area (TPSA) is 9.23 Å². The minimum absolute atomic E-state index is 0.470. The SMILES string of the molecule is CC(C)[Si](OC1=C[C@@H](c2ccccc2)[C@H]2C=CC[C@@H]12)(C(C)C)C(C)C. The van der Waals surface area contributed by atoms with Crippen molar-refractivity contribution in [2.75, 3.05) is 0 Å². The van der Waals surface area contributed by atoms with Crippen LogP contribution < -0.4 is 0 Å². The van der Waals surface area contributed by atoms with Crippen LogP contribution in [0.4, 0.5) is 0 Å². The predicted octanol–water partition coefficient (Wildman–Crippen LogP) is 7.05. The Bertz CT molecular complexity index is 620. The van der Waals surface area contributed by atoms with Gasteiger partial charge in [-0.15, -0.1) is 0 Å². The Morgan fingerprint density at radius 3 is 2.08 bits per heavy atom. The molecule has 3 rings (SSSR count). The van der Waals surface area contributed by atoms with Crippen molar-refractivity contribution in [3.63, 3.8) is 0 Å². The Morgan fingerprint density at radius 1 is 0.920 bits per heavy atom. The number of hydrogen-bond acceptors (Lipinski definition) is 1. The summed E-state index contributed by atoms with van der Waals surface area (Å²) in [5, 5.41) is 0. The summed E-state index contributed by atoms with van der Waals surface area (Å²) in [6.07, 6.45) is 8.39. The molecule has 0 saturated heterocycles. The number of allylic oxidation sites excluding steroid dienone is 4. The summed E-state index contributed by atoms with van der Waals surface area (Å²) in [6, 6.07) is 11.0. The molecule has 0 saturated carbocycles. The third-order valence-corrected chi connectivity index (χ3v) is 12.5. The fourth-order valence-corrected chi connectivity index (χ4v) is 10.8. The summed E-state index contributed by atoms with van der Waals surface area (Å²) in [5.41, 5.74) is 3.29. The van der Waals surface area contributed by atoms with E-state index in [2.05, 4.69) is 90.1 Å². The van der Waals surface area contributed by atoms with E-state index in [-0.39, 0.29) is 0 Å². The summed E-state index contributed by atoms with van der Waals surface area (Å²) in [6.45, 7) is 14.3. The molecule has 1 aromatic carbocycles. The molecular weight excluding hydrogens is 320 g/mol. The molecule has 0 heterocycles. The van der Waals surface area contributed by atoms with Crippen molar-refractivity contribution in [2.45, 2.75) is 70.5 Å². The van der Waals surface area contributed by atoms with Crippen molar-refractivity contribution < 1.29 is 4.43 Å². The van der Waals surface area contributed by atoms with Crippen LogP contribution in [0, 0.1) is 11.8 Å². The molecule has 0 radical (unpaired) electrons. The molecule has 2 aliphatic rings. The van der Waals surface area contributed by atoms with Gasteiger partial charge in [-0.25, -0.2) is 0 Å². The fraction of sp³-hybridized carbons (Fsp3) is 0.565. The Hall–Kier alpha value is -1.28. The Kier molecular flexibility index (Phi) is 5.29. The zero-order valence-electron chi connectivity index (χ0n) is 16.7. The van der Waals surface area contributed by atoms with E-state index >= 15 is 0 Å². The third-order valence-electron chi connectivity index (χ3n) is 6.52. The molecule has 2 heteroatoms. The maximum Gasteiger partial charge on any atom is 0.258 e. The van der Waals surface area contributed by atoms with Crippen molar-refractivity contribution in [3.8, 4) is 0 Å². The molecule has 0 N–H and O–H groups in total. The molecule has 0 spiro atoms. The zero-order chi connectivity index (χ0) is 18.2. The summed E-state index contributed by atoms with van der Waals surface area (Å²) in [5.74, 6) is 2.90. The number of benzene rings is 1. The van der Waals surface area contributed by atoms with Crippen LogP contribution in [-0.2, 0) is 4.43 Å². The molecule has 3 atom stereocenters. The van der Waals surface area contributed by atoms with E-state index in [9.17, 15) is 0 Å². The van der Waals surface area contributed by atoms with Gasteiger partial charge in [0, 0.05) is 11.8 Å². The van der Waals surface area contributed by atoms with Gasteiger partial charge in [0.2, 0.25) is 0 Å². The summed E-state index contributed by atoms with van der Waals surface area (Å²) in [7, 11) is -1.88. The Balaban J connectivity index is 1.95. The third kappa shape index (κ3) is 3.14. The van der Waals surface area contributed by atoms with Crippen LogP contribution in [0.2, 0.25) is 16.6 Å². The fourth-order valence-electron chi connectivity index (χ4n) is 5.42. The molecule has 0 aliphatic heterocycles. The minimum Gasteiger partial charge on any atom is -0.546 e. The second-order valence-electron chi connectivity index (χ2n) is 8.77. The van der Waals surface area contributed by atoms with Crippen LogP contribution in [0.25, 0.3) is 0 Å². The van der Waals surface area contributed by atoms with Gasteiger partial charge < -0.3 is 4.43 Å². The molecule has 0 bridgehead atoms. The van der Waals surface area contributed by atoms with Gasteiger partial charge in [-0.05, 0) is 40.6 Å². The molecular formula is C23H34OSi. The molecule has 1 nitrogen and oxygen atoms in total. The average molecular weight is 355 g/mol. The first kappa shape index (κ1) is 18.5. The highest BCUT2D eigenvalue weighted by atomic mass is 28.4. The number of fused-ring (bicyclic) bond motifs is 1. The van der Waals surface area contributed by atoms with Crippen molar-refractivity contribution in [2.24, 2.45) is 11.8 Å². The maximum atomic E-state index is 7.11. The van der Waals surface area contributed by atoms with Gasteiger partial charge in [-0.2, -0.15) is 0 Å². The lowest BCUT2D eigenvalue weighted by molar-refractivity contribution is 0.303. The molecule has 0 fully saturated rings. The van der Waals surface area contributed by atoms with E-state index in [1.54, 1.807) is 0 Å². The van der Waals surface area contributed by atoms with Gasteiger partial charge in [0.05, 0.1) is 5.76 Å². The summed E-state index contributed by atoms with van der Waals surface area (Å²) >= 11 is 0. The van der Waals surface area contributed by atoms with E-state index in [4.69, 9.17) is 4.43 Å². The standard InChI is InChI=1S/C23H34OSi/c1-16(2)25(17(3)4,18(5)6)24-23-15-22(19-11-8-7-9-12-19)20-13-10-14-21(20)23/h7-13,15-18,20-22H,14H2,1-6H3/t20-,21+,22-/m0/s1. The van der Waals surface area contributed by atoms with Crippen LogP contribution in [0.5, 0.6) is 0 Å². The summed E-state index contributed by atoms with van der Waals surface area (Å²) < 4.78 is 7.11. The van der Waals surface area contributed by atoms with Crippen molar-refractivity contribution in [1.82, 2.24) is 0 Å². The number of hydrogen-bond donors (Lipinski definition) is 0. The highest BCUT2D eigenvalue weighted by Gasteiger charge is 2.50. The van der Waals surface area contributed by atoms with Crippen molar-refractivity contribution >= 4 is 8.32 Å². The van der Waals surface area contributed by atoms with E-state index in [1.807, 2.05) is 0 Å². The first-order valence-corrected chi connectivity index (χ1v) is 12.1. The molecule has 0 aromatic heterocycles. The van der Waals surface area contributed by atoms with E-state index in [0.29, 0.717) is 34.4 Å². The minimum atomic E-state index is -1.88. The second kappa shape index (κ2) is 7.15. The average Bonchev–Trinajstić information content (AvgIpc) is 3.15. The molecule has 136 valence electrons. The van der Waals surface area contributed by atoms with E-state index in [1.165, 1.54) is 11.3 Å². The molecule has 0 amide bonds. The van der Waals surface area contributed by atoms with Crippen LogP contribution in [0.15, 0.2) is 54.3 Å². The van der Waals surface area contributed by atoms with Gasteiger partial charge in [0.25, 0.3) is 8.32 Å². The second-order valence-corrected chi connectivity index (χ2v) is 14.1. The number of rotatable bonds is 6. The molecule has 1 aromatic rings. The monoisotopic (exact) mass is 354 g/mol. The lowest BCUT2D eigenvalue weighted by atomic mass is 9.86. The molecule has 2 aliphatic carbocycles. The quantitative estimate of drug-likeness (QED) is 0.393. The zero-order valence-corrected chi connectivity index (χ0v) is 17.7. The maximum absolute atomic E-state index is 7.11. The Labute approximate surface area is 155 Å². The van der Waals surface area contributed by atoms with Gasteiger partial charge in [0.1, 0.15) is 0 Å². The van der Waals surface area contributed by atoms with Crippen molar-refractivity contribution in [1.29, 1.82) is 0 Å². The van der Waals surface area contributed by atoms with Crippen LogP contribution in [0.1, 0.15) is 59.4 Å². The normalized spacial score (nSPS) is 25.8. The van der Waals surface area contributed by atoms with E-state index < -0.39 is 8.32 Å². The van der Waals surface area contributed by atoms with Crippen LogP contribution >= 0.6 is 0 Å². The molecule has 0 unspecified atom stereocenters. The van der Waals surface area contributed by atoms with Gasteiger partial charge >= 0.3 is 0 Å². The predicted molar refractivity (Wildman–Crippen MR) is 110 cm³/mol. The highest BCUT2D eigenvalue weighted by Crippen LogP contribution is 2.52. The van der Waals surface area contributed by atoms with Crippen LogP contribution in [-0.4, -0.2) is 8.32 Å². The lowest BCUT2D eigenvalue weighted by Crippen LogP contribution is -2.47.